The highest BCUT2D eigenvalue weighted by Crippen LogP contribution is 2.28. The Balaban J connectivity index is 1.44. The lowest BCUT2D eigenvalue weighted by atomic mass is 9.99. The first-order valence-corrected chi connectivity index (χ1v) is 11.5. The zero-order chi connectivity index (χ0) is 23.0. The van der Waals surface area contributed by atoms with Gasteiger partial charge in [-0.2, -0.15) is 0 Å². The van der Waals surface area contributed by atoms with Gasteiger partial charge in [0.1, 0.15) is 11.5 Å². The highest BCUT2D eigenvalue weighted by Gasteiger charge is 2.28. The summed E-state index contributed by atoms with van der Waals surface area (Å²) in [6.45, 7) is 2.51. The minimum absolute atomic E-state index is 0.171. The molecule has 3 aromatic rings. The smallest absolute Gasteiger partial charge is 0.223 e. The monoisotopic (exact) mass is 440 g/mol. The van der Waals surface area contributed by atoms with Crippen molar-refractivity contribution in [3.63, 3.8) is 0 Å². The second kappa shape index (κ2) is 11.0. The number of piperazine rings is 1. The van der Waals surface area contributed by atoms with Crippen molar-refractivity contribution in [3.8, 4) is 11.5 Å². The van der Waals surface area contributed by atoms with E-state index in [0.29, 0.717) is 29.9 Å². The molecule has 0 aromatic heterocycles. The van der Waals surface area contributed by atoms with Gasteiger partial charge in [0.25, 0.3) is 0 Å². The lowest BCUT2D eigenvalue weighted by Crippen LogP contribution is -2.55. The molecule has 0 aliphatic carbocycles. The Morgan fingerprint density at radius 2 is 1.64 bits per heavy atom. The molecular weight excluding hydrogens is 411 g/mol. The molecule has 1 fully saturated rings. The van der Waals surface area contributed by atoms with Crippen molar-refractivity contribution < 1.29 is 14.3 Å². The van der Waals surface area contributed by atoms with Crippen LogP contribution < -0.4 is 4.74 Å². The largest absolute Gasteiger partial charge is 0.456 e. The number of hydrogen-bond acceptors (Lipinski definition) is 4. The third kappa shape index (κ3) is 5.90. The number of para-hydroxylation sites is 2. The molecule has 1 amide bonds. The van der Waals surface area contributed by atoms with E-state index in [1.54, 1.807) is 12.1 Å². The SMILES string of the molecule is BN1CCN(C(=O)CCc2ccccc2Oc2ccccc2C=O)[C@H](Cc2ccccc2)C1. The maximum atomic E-state index is 13.3. The van der Waals surface area contributed by atoms with Crippen molar-refractivity contribution >= 4 is 20.2 Å². The van der Waals surface area contributed by atoms with Gasteiger partial charge in [-0.1, -0.05) is 60.7 Å². The summed E-state index contributed by atoms with van der Waals surface area (Å²) in [5, 5.41) is 0. The van der Waals surface area contributed by atoms with E-state index < -0.39 is 0 Å². The molecule has 0 unspecified atom stereocenters. The first-order valence-electron chi connectivity index (χ1n) is 11.5. The fourth-order valence-electron chi connectivity index (χ4n) is 4.38. The minimum atomic E-state index is 0.171. The fraction of sp³-hybridized carbons (Fsp3) is 0.259. The van der Waals surface area contributed by atoms with Crippen LogP contribution in [-0.2, 0) is 17.6 Å². The van der Waals surface area contributed by atoms with E-state index >= 15 is 0 Å². The Hall–Kier alpha value is -3.38. The standard InChI is InChI=1S/C27H29BN2O3/c28-29-16-17-30(24(19-29)18-21-8-2-1-3-9-21)27(32)15-14-22-10-4-6-12-25(22)33-26-13-7-5-11-23(26)20-31/h1-13,20,24H,14-19,28H2/t24-/m1/s1. The number of nitrogens with zero attached hydrogens (tertiary/aromatic N) is 2. The van der Waals surface area contributed by atoms with Crippen LogP contribution in [0.15, 0.2) is 78.9 Å². The zero-order valence-electron chi connectivity index (χ0n) is 19.0. The van der Waals surface area contributed by atoms with E-state index in [1.165, 1.54) is 5.56 Å². The summed E-state index contributed by atoms with van der Waals surface area (Å²) in [4.78, 5) is 29.0. The third-order valence-electron chi connectivity index (χ3n) is 6.17. The molecule has 1 aliphatic rings. The number of rotatable bonds is 8. The first kappa shape index (κ1) is 22.8. The van der Waals surface area contributed by atoms with Crippen molar-refractivity contribution in [3.05, 3.63) is 95.6 Å². The molecule has 0 saturated carbocycles. The Morgan fingerprint density at radius 1 is 0.939 bits per heavy atom. The predicted molar refractivity (Wildman–Crippen MR) is 132 cm³/mol. The lowest BCUT2D eigenvalue weighted by molar-refractivity contribution is -0.135. The van der Waals surface area contributed by atoms with Gasteiger partial charge in [-0.3, -0.25) is 9.59 Å². The average Bonchev–Trinajstić information content (AvgIpc) is 2.84. The van der Waals surface area contributed by atoms with Crippen molar-refractivity contribution in [2.24, 2.45) is 0 Å². The minimum Gasteiger partial charge on any atom is -0.456 e. The third-order valence-corrected chi connectivity index (χ3v) is 6.17. The van der Waals surface area contributed by atoms with Gasteiger partial charge in [0, 0.05) is 32.1 Å². The molecule has 0 spiro atoms. The summed E-state index contributed by atoms with van der Waals surface area (Å²) in [5.41, 5.74) is 2.72. The van der Waals surface area contributed by atoms with Gasteiger partial charge in [-0.05, 0) is 42.2 Å². The molecule has 1 aliphatic heterocycles. The summed E-state index contributed by atoms with van der Waals surface area (Å²) in [7, 11) is 2.12. The molecule has 5 nitrogen and oxygen atoms in total. The second-order valence-corrected chi connectivity index (χ2v) is 8.56. The number of carbonyl (C=O) groups is 2. The maximum Gasteiger partial charge on any atom is 0.223 e. The van der Waals surface area contributed by atoms with E-state index in [-0.39, 0.29) is 11.9 Å². The van der Waals surface area contributed by atoms with E-state index in [9.17, 15) is 9.59 Å². The van der Waals surface area contributed by atoms with Crippen LogP contribution in [0.3, 0.4) is 0 Å². The van der Waals surface area contributed by atoms with Gasteiger partial charge in [-0.15, -0.1) is 0 Å². The van der Waals surface area contributed by atoms with Crippen LogP contribution in [0.4, 0.5) is 0 Å². The van der Waals surface area contributed by atoms with Crippen LogP contribution in [0.1, 0.15) is 27.9 Å². The maximum absolute atomic E-state index is 13.3. The number of hydrogen-bond donors (Lipinski definition) is 0. The summed E-state index contributed by atoms with van der Waals surface area (Å²) in [5.74, 6) is 1.37. The number of aryl methyl sites for hydroxylation is 1. The topological polar surface area (TPSA) is 49.9 Å². The van der Waals surface area contributed by atoms with E-state index in [0.717, 1.165) is 37.9 Å². The van der Waals surface area contributed by atoms with Crippen molar-refractivity contribution in [2.45, 2.75) is 25.3 Å². The van der Waals surface area contributed by atoms with Crippen LogP contribution in [0.5, 0.6) is 11.5 Å². The Bertz CT molecular complexity index is 1090. The van der Waals surface area contributed by atoms with Gasteiger partial charge < -0.3 is 14.4 Å². The molecule has 1 saturated heterocycles. The zero-order valence-corrected chi connectivity index (χ0v) is 19.0. The first-order chi connectivity index (χ1) is 16.1. The molecule has 33 heavy (non-hydrogen) atoms. The van der Waals surface area contributed by atoms with Crippen LogP contribution in [-0.4, -0.2) is 55.6 Å². The van der Waals surface area contributed by atoms with E-state index in [4.69, 9.17) is 4.74 Å². The average molecular weight is 440 g/mol. The molecule has 4 rings (SSSR count). The molecule has 3 aromatic carbocycles. The molecular formula is C27H29BN2O3. The van der Waals surface area contributed by atoms with Crippen LogP contribution in [0, 0.1) is 0 Å². The Kier molecular flexibility index (Phi) is 7.58. The molecule has 0 radical (unpaired) electrons. The van der Waals surface area contributed by atoms with Crippen molar-refractivity contribution in [2.75, 3.05) is 19.6 Å². The quantitative estimate of drug-likeness (QED) is 0.397. The summed E-state index contributed by atoms with van der Waals surface area (Å²) < 4.78 is 6.06. The Morgan fingerprint density at radius 3 is 2.42 bits per heavy atom. The summed E-state index contributed by atoms with van der Waals surface area (Å²) in [6.07, 6.45) is 2.66. The van der Waals surface area contributed by atoms with Gasteiger partial charge in [0.2, 0.25) is 5.91 Å². The van der Waals surface area contributed by atoms with Gasteiger partial charge in [0.05, 0.1) is 5.56 Å². The molecule has 0 bridgehead atoms. The van der Waals surface area contributed by atoms with Gasteiger partial charge >= 0.3 is 0 Å². The molecule has 1 atom stereocenters. The molecule has 1 heterocycles. The van der Waals surface area contributed by atoms with Crippen LogP contribution in [0.25, 0.3) is 0 Å². The molecule has 6 heteroatoms. The summed E-state index contributed by atoms with van der Waals surface area (Å²) >= 11 is 0. The van der Waals surface area contributed by atoms with Crippen molar-refractivity contribution in [1.29, 1.82) is 0 Å². The van der Waals surface area contributed by atoms with Crippen molar-refractivity contribution in [1.82, 2.24) is 9.71 Å². The number of aldehydes is 1. The molecule has 168 valence electrons. The van der Waals surface area contributed by atoms with Crippen LogP contribution >= 0.6 is 0 Å². The summed E-state index contributed by atoms with van der Waals surface area (Å²) in [6, 6.07) is 25.4. The van der Waals surface area contributed by atoms with E-state index in [1.807, 2.05) is 54.6 Å². The number of carbonyl (C=O) groups excluding carboxylic acids is 2. The highest BCUT2D eigenvalue weighted by molar-refractivity contribution is 6.04. The second-order valence-electron chi connectivity index (χ2n) is 8.56. The van der Waals surface area contributed by atoms with Gasteiger partial charge in [0.15, 0.2) is 14.3 Å². The number of benzene rings is 3. The normalized spacial score (nSPS) is 16.4. The van der Waals surface area contributed by atoms with Gasteiger partial charge in [-0.25, -0.2) is 0 Å². The highest BCUT2D eigenvalue weighted by atomic mass is 16.5. The molecule has 0 N–H and O–H groups in total. The van der Waals surface area contributed by atoms with E-state index in [2.05, 4.69) is 29.8 Å². The van der Waals surface area contributed by atoms with Crippen LogP contribution in [0.2, 0.25) is 0 Å². The Labute approximate surface area is 196 Å². The fourth-order valence-corrected chi connectivity index (χ4v) is 4.38. The number of ether oxygens (including phenoxy) is 1. The predicted octanol–water partition coefficient (Wildman–Crippen LogP) is 3.53. The number of amides is 1. The lowest BCUT2D eigenvalue weighted by Gasteiger charge is -2.40.